The first-order valence-corrected chi connectivity index (χ1v) is 11.1. The molecule has 0 spiro atoms. The molecule has 3 heterocycles. The molecular formula is C26H25N5O2. The second-order valence-corrected chi connectivity index (χ2v) is 8.29. The zero-order valence-corrected chi connectivity index (χ0v) is 18.4. The first-order valence-electron chi connectivity index (χ1n) is 11.1. The Bertz CT molecular complexity index is 1310. The average molecular weight is 440 g/mol. The molecule has 33 heavy (non-hydrogen) atoms. The van der Waals surface area contributed by atoms with Crippen molar-refractivity contribution < 1.29 is 9.59 Å². The van der Waals surface area contributed by atoms with Crippen LogP contribution in [0.2, 0.25) is 0 Å². The van der Waals surface area contributed by atoms with Gasteiger partial charge in [0.05, 0.1) is 23.5 Å². The number of nitrogens with one attached hydrogen (secondary N) is 1. The van der Waals surface area contributed by atoms with E-state index in [1.165, 1.54) is 5.56 Å². The molecule has 2 amide bonds. The van der Waals surface area contributed by atoms with Crippen molar-refractivity contribution in [2.75, 3.05) is 6.54 Å². The summed E-state index contributed by atoms with van der Waals surface area (Å²) in [5, 5.41) is 2.98. The number of carbonyl (C=O) groups excluding carboxylic acids is 2. The molecule has 1 aliphatic heterocycles. The Kier molecular flexibility index (Phi) is 5.60. The number of carbonyl (C=O) groups is 2. The Labute approximate surface area is 192 Å². The van der Waals surface area contributed by atoms with Gasteiger partial charge in [-0.25, -0.2) is 9.97 Å². The lowest BCUT2D eigenvalue weighted by molar-refractivity contribution is -0.133. The number of aromatic nitrogens is 3. The lowest BCUT2D eigenvalue weighted by atomic mass is 9.90. The SMILES string of the molecule is CC(=O)N1CCc2ccccc2C1CC(=O)NCc1ccc(-n2cnc3ccccc32)nc1. The van der Waals surface area contributed by atoms with E-state index in [4.69, 9.17) is 0 Å². The van der Waals surface area contributed by atoms with Crippen LogP contribution in [0.4, 0.5) is 0 Å². The first-order chi connectivity index (χ1) is 16.1. The van der Waals surface area contributed by atoms with Crippen molar-refractivity contribution in [2.24, 2.45) is 0 Å². The van der Waals surface area contributed by atoms with E-state index in [-0.39, 0.29) is 24.3 Å². The highest BCUT2D eigenvalue weighted by Gasteiger charge is 2.30. The molecule has 2 aromatic carbocycles. The number of imidazole rings is 1. The van der Waals surface area contributed by atoms with E-state index < -0.39 is 0 Å². The van der Waals surface area contributed by atoms with Crippen LogP contribution in [-0.2, 0) is 22.6 Å². The summed E-state index contributed by atoms with van der Waals surface area (Å²) in [5.74, 6) is 0.677. The number of para-hydroxylation sites is 2. The summed E-state index contributed by atoms with van der Waals surface area (Å²) in [6.45, 7) is 2.58. The largest absolute Gasteiger partial charge is 0.352 e. The van der Waals surface area contributed by atoms with Crippen molar-refractivity contribution in [1.82, 2.24) is 24.8 Å². The molecule has 0 bridgehead atoms. The number of benzene rings is 2. The summed E-state index contributed by atoms with van der Waals surface area (Å²) in [6, 6.07) is 19.6. The molecule has 0 fully saturated rings. The van der Waals surface area contributed by atoms with Gasteiger partial charge in [0, 0.05) is 26.2 Å². The molecule has 1 N–H and O–H groups in total. The Morgan fingerprint density at radius 2 is 1.85 bits per heavy atom. The third kappa shape index (κ3) is 4.22. The topological polar surface area (TPSA) is 80.1 Å². The van der Waals surface area contributed by atoms with E-state index >= 15 is 0 Å². The predicted octanol–water partition coefficient (Wildman–Crippen LogP) is 3.57. The third-order valence-electron chi connectivity index (χ3n) is 6.19. The molecule has 4 aromatic rings. The number of pyridine rings is 1. The van der Waals surface area contributed by atoms with E-state index in [0.29, 0.717) is 13.1 Å². The summed E-state index contributed by atoms with van der Waals surface area (Å²) >= 11 is 0. The molecule has 0 radical (unpaired) electrons. The van der Waals surface area contributed by atoms with Gasteiger partial charge in [-0.2, -0.15) is 0 Å². The quantitative estimate of drug-likeness (QED) is 0.516. The van der Waals surface area contributed by atoms with Crippen molar-refractivity contribution in [3.63, 3.8) is 0 Å². The molecular weight excluding hydrogens is 414 g/mol. The van der Waals surface area contributed by atoms with Gasteiger partial charge in [0.1, 0.15) is 12.1 Å². The van der Waals surface area contributed by atoms with Crippen LogP contribution < -0.4 is 5.32 Å². The van der Waals surface area contributed by atoms with E-state index in [2.05, 4.69) is 21.4 Å². The normalized spacial score (nSPS) is 15.3. The number of fused-ring (bicyclic) bond motifs is 2. The minimum absolute atomic E-state index is 0.00545. The van der Waals surface area contributed by atoms with Gasteiger partial charge >= 0.3 is 0 Å². The van der Waals surface area contributed by atoms with Gasteiger partial charge in [-0.1, -0.05) is 42.5 Å². The summed E-state index contributed by atoms with van der Waals surface area (Å²) < 4.78 is 1.94. The van der Waals surface area contributed by atoms with Gasteiger partial charge in [-0.3, -0.25) is 14.2 Å². The van der Waals surface area contributed by atoms with Gasteiger partial charge < -0.3 is 10.2 Å². The van der Waals surface area contributed by atoms with Gasteiger partial charge in [-0.15, -0.1) is 0 Å². The first kappa shape index (κ1) is 20.9. The number of amides is 2. The fourth-order valence-corrected chi connectivity index (χ4v) is 4.50. The minimum atomic E-state index is -0.234. The van der Waals surface area contributed by atoms with Crippen LogP contribution in [0.1, 0.15) is 36.1 Å². The fourth-order valence-electron chi connectivity index (χ4n) is 4.50. The second kappa shape index (κ2) is 8.86. The van der Waals surface area contributed by atoms with Crippen LogP contribution in [-0.4, -0.2) is 37.8 Å². The van der Waals surface area contributed by atoms with Gasteiger partial charge in [-0.05, 0) is 41.3 Å². The molecule has 1 aliphatic rings. The van der Waals surface area contributed by atoms with Crippen LogP contribution in [0.15, 0.2) is 73.2 Å². The van der Waals surface area contributed by atoms with Crippen molar-refractivity contribution >= 4 is 22.8 Å². The van der Waals surface area contributed by atoms with Gasteiger partial charge in [0.15, 0.2) is 0 Å². The molecule has 2 aromatic heterocycles. The molecule has 0 aliphatic carbocycles. The van der Waals surface area contributed by atoms with Crippen LogP contribution in [0.5, 0.6) is 0 Å². The molecule has 7 nitrogen and oxygen atoms in total. The lowest BCUT2D eigenvalue weighted by Gasteiger charge is -2.36. The molecule has 5 rings (SSSR count). The van der Waals surface area contributed by atoms with Gasteiger partial charge in [0.25, 0.3) is 0 Å². The Hall–Kier alpha value is -4.00. The highest BCUT2D eigenvalue weighted by Crippen LogP contribution is 2.32. The van der Waals surface area contributed by atoms with E-state index in [0.717, 1.165) is 34.4 Å². The number of nitrogens with zero attached hydrogens (tertiary/aromatic N) is 4. The number of hydrogen-bond acceptors (Lipinski definition) is 4. The summed E-state index contributed by atoms with van der Waals surface area (Å²) in [6.07, 6.45) is 4.58. The maximum absolute atomic E-state index is 12.8. The monoisotopic (exact) mass is 439 g/mol. The zero-order valence-electron chi connectivity index (χ0n) is 18.4. The highest BCUT2D eigenvalue weighted by atomic mass is 16.2. The summed E-state index contributed by atoms with van der Waals surface area (Å²) in [7, 11) is 0. The maximum Gasteiger partial charge on any atom is 0.222 e. The van der Waals surface area contributed by atoms with E-state index in [1.54, 1.807) is 24.3 Å². The highest BCUT2D eigenvalue weighted by molar-refractivity contribution is 5.80. The van der Waals surface area contributed by atoms with Crippen LogP contribution in [0.25, 0.3) is 16.9 Å². The predicted molar refractivity (Wildman–Crippen MR) is 126 cm³/mol. The molecule has 1 atom stereocenters. The fraction of sp³-hybridized carbons (Fsp3) is 0.231. The minimum Gasteiger partial charge on any atom is -0.352 e. The maximum atomic E-state index is 12.8. The van der Waals surface area contributed by atoms with Gasteiger partial charge in [0.2, 0.25) is 11.8 Å². The summed E-state index contributed by atoms with van der Waals surface area (Å²) in [5.41, 5.74) is 5.09. The molecule has 0 saturated carbocycles. The number of hydrogen-bond donors (Lipinski definition) is 1. The average Bonchev–Trinajstić information content (AvgIpc) is 3.27. The van der Waals surface area contributed by atoms with Crippen LogP contribution in [0.3, 0.4) is 0 Å². The standard InChI is InChI=1S/C26H25N5O2/c1-18(32)30-13-12-20-6-2-3-7-21(20)24(30)14-26(33)28-16-19-10-11-25(27-15-19)31-17-29-22-8-4-5-9-23(22)31/h2-11,15,17,24H,12-14,16H2,1H3,(H,28,33). The Morgan fingerprint density at radius 1 is 1.03 bits per heavy atom. The van der Waals surface area contributed by atoms with Crippen molar-refractivity contribution in [1.29, 1.82) is 0 Å². The van der Waals surface area contributed by atoms with E-state index in [1.807, 2.05) is 59.2 Å². The Balaban J connectivity index is 1.25. The molecule has 7 heteroatoms. The smallest absolute Gasteiger partial charge is 0.222 e. The van der Waals surface area contributed by atoms with Crippen molar-refractivity contribution in [3.05, 3.63) is 89.9 Å². The second-order valence-electron chi connectivity index (χ2n) is 8.29. The molecule has 166 valence electrons. The molecule has 1 unspecified atom stereocenters. The van der Waals surface area contributed by atoms with Crippen LogP contribution >= 0.6 is 0 Å². The van der Waals surface area contributed by atoms with Crippen molar-refractivity contribution in [3.8, 4) is 5.82 Å². The molecule has 0 saturated heterocycles. The van der Waals surface area contributed by atoms with E-state index in [9.17, 15) is 9.59 Å². The zero-order chi connectivity index (χ0) is 22.8. The lowest BCUT2D eigenvalue weighted by Crippen LogP contribution is -2.41. The third-order valence-corrected chi connectivity index (χ3v) is 6.19. The van der Waals surface area contributed by atoms with Crippen molar-refractivity contribution in [2.45, 2.75) is 32.4 Å². The Morgan fingerprint density at radius 3 is 2.67 bits per heavy atom. The summed E-state index contributed by atoms with van der Waals surface area (Å²) in [4.78, 5) is 35.7. The van der Waals surface area contributed by atoms with Crippen LogP contribution in [0, 0.1) is 0 Å². The number of rotatable bonds is 5.